The number of rotatable bonds is 6. The summed E-state index contributed by atoms with van der Waals surface area (Å²) in [6, 6.07) is 5.93. The maximum absolute atomic E-state index is 12.4. The molecule has 7 heteroatoms. The van der Waals surface area contributed by atoms with Gasteiger partial charge in [-0.2, -0.15) is 0 Å². The van der Waals surface area contributed by atoms with E-state index in [4.69, 9.17) is 9.47 Å². The fraction of sp³-hybridized carbons (Fsp3) is 0.333. The number of pyridine rings is 1. The van der Waals surface area contributed by atoms with E-state index in [1.165, 1.54) is 25.3 Å². The highest BCUT2D eigenvalue weighted by atomic mass is 16.5. The summed E-state index contributed by atoms with van der Waals surface area (Å²) in [5.74, 6) is -1.32. The highest BCUT2D eigenvalue weighted by molar-refractivity contribution is 5.72. The van der Waals surface area contributed by atoms with Gasteiger partial charge in [0.05, 0.1) is 25.7 Å². The molecule has 1 aromatic carbocycles. The minimum absolute atomic E-state index is 0.0615. The van der Waals surface area contributed by atoms with Crippen LogP contribution in [0, 0.1) is 6.92 Å². The van der Waals surface area contributed by atoms with Crippen molar-refractivity contribution in [2.75, 3.05) is 13.7 Å². The number of carbonyl (C=O) groups is 1. The van der Waals surface area contributed by atoms with Crippen LogP contribution in [-0.4, -0.2) is 34.9 Å². The Bertz CT molecular complexity index is 827. The van der Waals surface area contributed by atoms with Crippen LogP contribution in [0.3, 0.4) is 0 Å². The Morgan fingerprint density at radius 2 is 1.96 bits per heavy atom. The lowest BCUT2D eigenvalue weighted by Gasteiger charge is -2.19. The topological polar surface area (TPSA) is 109 Å². The summed E-state index contributed by atoms with van der Waals surface area (Å²) in [6.45, 7) is 3.54. The average molecular weight is 347 g/mol. The number of aromatic amines is 1. The lowest BCUT2D eigenvalue weighted by Crippen LogP contribution is -2.21. The van der Waals surface area contributed by atoms with E-state index < -0.39 is 17.4 Å². The summed E-state index contributed by atoms with van der Waals surface area (Å²) in [4.78, 5) is 27.0. The summed E-state index contributed by atoms with van der Waals surface area (Å²) >= 11 is 0. The van der Waals surface area contributed by atoms with Crippen molar-refractivity contribution < 1.29 is 24.5 Å². The molecule has 0 bridgehead atoms. The normalized spacial score (nSPS) is 11.8. The number of hydrogen-bond donors (Lipinski definition) is 3. The van der Waals surface area contributed by atoms with Gasteiger partial charge in [0, 0.05) is 11.6 Å². The second-order valence-corrected chi connectivity index (χ2v) is 5.57. The molecule has 2 rings (SSSR count). The highest BCUT2D eigenvalue weighted by Gasteiger charge is 2.26. The van der Waals surface area contributed by atoms with Gasteiger partial charge in [0.15, 0.2) is 11.5 Å². The fourth-order valence-corrected chi connectivity index (χ4v) is 2.70. The number of carbonyl (C=O) groups excluding carboxylic acids is 1. The van der Waals surface area contributed by atoms with Gasteiger partial charge in [0.1, 0.15) is 5.75 Å². The first-order valence-electron chi connectivity index (χ1n) is 7.82. The van der Waals surface area contributed by atoms with Crippen LogP contribution in [-0.2, 0) is 9.53 Å². The van der Waals surface area contributed by atoms with Gasteiger partial charge in [-0.3, -0.25) is 9.59 Å². The number of aromatic nitrogens is 1. The molecule has 2 aromatic rings. The Hall–Kier alpha value is -2.96. The van der Waals surface area contributed by atoms with E-state index in [1.807, 2.05) is 0 Å². The summed E-state index contributed by atoms with van der Waals surface area (Å²) in [5, 5.41) is 20.0. The quantitative estimate of drug-likeness (QED) is 0.691. The van der Waals surface area contributed by atoms with Gasteiger partial charge in [-0.05, 0) is 37.6 Å². The zero-order valence-electron chi connectivity index (χ0n) is 14.3. The van der Waals surface area contributed by atoms with Crippen molar-refractivity contribution in [3.63, 3.8) is 0 Å². The van der Waals surface area contributed by atoms with Crippen LogP contribution in [0.2, 0.25) is 0 Å². The Labute approximate surface area is 144 Å². The predicted octanol–water partition coefficient (Wildman–Crippen LogP) is 2.19. The Morgan fingerprint density at radius 3 is 2.56 bits per heavy atom. The van der Waals surface area contributed by atoms with E-state index >= 15 is 0 Å². The molecule has 1 heterocycles. The molecule has 25 heavy (non-hydrogen) atoms. The van der Waals surface area contributed by atoms with Crippen molar-refractivity contribution in [1.82, 2.24) is 4.98 Å². The van der Waals surface area contributed by atoms with Crippen molar-refractivity contribution in [2.24, 2.45) is 0 Å². The van der Waals surface area contributed by atoms with Gasteiger partial charge in [-0.1, -0.05) is 6.07 Å². The zero-order chi connectivity index (χ0) is 18.6. The maximum atomic E-state index is 12.4. The van der Waals surface area contributed by atoms with E-state index in [9.17, 15) is 19.8 Å². The molecule has 1 atom stereocenters. The van der Waals surface area contributed by atoms with E-state index in [0.29, 0.717) is 11.3 Å². The Kier molecular flexibility index (Phi) is 5.69. The predicted molar refractivity (Wildman–Crippen MR) is 91.2 cm³/mol. The molecule has 0 saturated heterocycles. The van der Waals surface area contributed by atoms with Crippen molar-refractivity contribution in [3.05, 3.63) is 51.4 Å². The molecular formula is C18H21NO6. The average Bonchev–Trinajstić information content (AvgIpc) is 2.53. The summed E-state index contributed by atoms with van der Waals surface area (Å²) in [5.41, 5.74) is 0.613. The lowest BCUT2D eigenvalue weighted by molar-refractivity contribution is -0.143. The second-order valence-electron chi connectivity index (χ2n) is 5.57. The van der Waals surface area contributed by atoms with E-state index in [-0.39, 0.29) is 35.8 Å². The molecular weight excluding hydrogens is 326 g/mol. The highest BCUT2D eigenvalue weighted by Crippen LogP contribution is 2.36. The number of benzene rings is 1. The third-order valence-corrected chi connectivity index (χ3v) is 3.82. The van der Waals surface area contributed by atoms with Gasteiger partial charge in [-0.25, -0.2) is 0 Å². The maximum Gasteiger partial charge on any atom is 0.306 e. The van der Waals surface area contributed by atoms with Gasteiger partial charge < -0.3 is 24.7 Å². The number of esters is 1. The number of aryl methyl sites for hydroxylation is 1. The largest absolute Gasteiger partial charge is 0.507 e. The lowest BCUT2D eigenvalue weighted by atomic mass is 9.88. The van der Waals surface area contributed by atoms with Gasteiger partial charge in [0.25, 0.3) is 5.56 Å². The van der Waals surface area contributed by atoms with Crippen molar-refractivity contribution in [1.29, 1.82) is 0 Å². The van der Waals surface area contributed by atoms with Gasteiger partial charge >= 0.3 is 5.97 Å². The smallest absolute Gasteiger partial charge is 0.306 e. The molecule has 0 aliphatic heterocycles. The molecule has 0 amide bonds. The first kappa shape index (κ1) is 18.4. The van der Waals surface area contributed by atoms with Gasteiger partial charge in [-0.15, -0.1) is 0 Å². The number of nitrogens with one attached hydrogen (secondary N) is 1. The van der Waals surface area contributed by atoms with Crippen molar-refractivity contribution >= 4 is 5.97 Å². The van der Waals surface area contributed by atoms with Crippen LogP contribution in [0.15, 0.2) is 29.1 Å². The minimum Gasteiger partial charge on any atom is -0.507 e. The second kappa shape index (κ2) is 7.74. The van der Waals surface area contributed by atoms with Crippen molar-refractivity contribution in [2.45, 2.75) is 26.2 Å². The van der Waals surface area contributed by atoms with E-state index in [2.05, 4.69) is 4.98 Å². The molecule has 1 aromatic heterocycles. The zero-order valence-corrected chi connectivity index (χ0v) is 14.3. The SMILES string of the molecule is CCOC(=O)C[C@H](c1ccc(O)c(OC)c1)c1c(O)cc(C)[nH]c1=O. The van der Waals surface area contributed by atoms with Crippen LogP contribution < -0.4 is 10.3 Å². The number of phenols is 1. The first-order chi connectivity index (χ1) is 11.9. The number of methoxy groups -OCH3 is 1. The van der Waals surface area contributed by atoms with Crippen molar-refractivity contribution in [3.8, 4) is 17.2 Å². The number of aromatic hydroxyl groups is 2. The minimum atomic E-state index is -0.752. The van der Waals surface area contributed by atoms with E-state index in [0.717, 1.165) is 0 Å². The van der Waals surface area contributed by atoms with Crippen LogP contribution in [0.5, 0.6) is 17.2 Å². The Balaban J connectivity index is 2.58. The standard InChI is InChI=1S/C18H21NO6/c1-4-25-16(22)9-12(11-5-6-13(20)15(8-11)24-3)17-14(21)7-10(2)19-18(17)23/h5-8,12,20H,4,9H2,1-3H3,(H2,19,21,23)/t12-/m1/s1. The monoisotopic (exact) mass is 347 g/mol. The molecule has 0 spiro atoms. The van der Waals surface area contributed by atoms with E-state index in [1.54, 1.807) is 19.9 Å². The Morgan fingerprint density at radius 1 is 1.24 bits per heavy atom. The third kappa shape index (κ3) is 4.12. The molecule has 3 N–H and O–H groups in total. The number of H-pyrrole nitrogens is 1. The molecule has 0 aliphatic rings. The number of hydrogen-bond acceptors (Lipinski definition) is 6. The molecule has 0 fully saturated rings. The molecule has 0 radical (unpaired) electrons. The number of phenolic OH excluding ortho intramolecular Hbond substituents is 1. The van der Waals surface area contributed by atoms with Crippen LogP contribution >= 0.6 is 0 Å². The van der Waals surface area contributed by atoms with Gasteiger partial charge in [0.2, 0.25) is 0 Å². The number of ether oxygens (including phenoxy) is 2. The molecule has 0 aliphatic carbocycles. The van der Waals surface area contributed by atoms with Crippen LogP contribution in [0.1, 0.15) is 36.1 Å². The van der Waals surface area contributed by atoms with Crippen LogP contribution in [0.4, 0.5) is 0 Å². The first-order valence-corrected chi connectivity index (χ1v) is 7.82. The fourth-order valence-electron chi connectivity index (χ4n) is 2.70. The summed E-state index contributed by atoms with van der Waals surface area (Å²) < 4.78 is 10.1. The molecule has 0 saturated carbocycles. The molecule has 0 unspecified atom stereocenters. The molecule has 134 valence electrons. The van der Waals surface area contributed by atoms with Crippen LogP contribution in [0.25, 0.3) is 0 Å². The molecule has 7 nitrogen and oxygen atoms in total. The third-order valence-electron chi connectivity index (χ3n) is 3.82. The summed E-state index contributed by atoms with van der Waals surface area (Å²) in [6.07, 6.45) is -0.137. The summed E-state index contributed by atoms with van der Waals surface area (Å²) in [7, 11) is 1.40.